The number of nitrogens with zero attached hydrogens (tertiary/aromatic N) is 1. The van der Waals surface area contributed by atoms with E-state index in [0.29, 0.717) is 12.5 Å². The molecule has 148 valence electrons. The second kappa shape index (κ2) is 8.78. The number of rotatable bonds is 7. The lowest BCUT2D eigenvalue weighted by atomic mass is 10.0. The van der Waals surface area contributed by atoms with Crippen LogP contribution in [0.5, 0.6) is 0 Å². The summed E-state index contributed by atoms with van der Waals surface area (Å²) in [6.07, 6.45) is 5.03. The van der Waals surface area contributed by atoms with Gasteiger partial charge in [0.2, 0.25) is 0 Å². The number of amides is 2. The molecule has 28 heavy (non-hydrogen) atoms. The molecule has 2 fully saturated rings. The summed E-state index contributed by atoms with van der Waals surface area (Å²) in [5.74, 6) is 0.568. The van der Waals surface area contributed by atoms with Crippen LogP contribution in [0.1, 0.15) is 54.0 Å². The molecule has 1 aliphatic heterocycles. The molecule has 0 spiro atoms. The highest BCUT2D eigenvalue weighted by Gasteiger charge is 2.33. The molecule has 0 radical (unpaired) electrons. The first-order valence-corrected chi connectivity index (χ1v) is 10.6. The summed E-state index contributed by atoms with van der Waals surface area (Å²) in [6.45, 7) is 6.11. The van der Waals surface area contributed by atoms with Crippen LogP contribution >= 0.6 is 0 Å². The van der Waals surface area contributed by atoms with Gasteiger partial charge in [0.25, 0.3) is 0 Å². The molecule has 1 aliphatic carbocycles. The largest absolute Gasteiger partial charge is 0.334 e. The van der Waals surface area contributed by atoms with Gasteiger partial charge in [-0.1, -0.05) is 54.1 Å². The second-order valence-corrected chi connectivity index (χ2v) is 8.35. The third-order valence-corrected chi connectivity index (χ3v) is 5.90. The first-order chi connectivity index (χ1) is 13.7. The van der Waals surface area contributed by atoms with Gasteiger partial charge in [-0.2, -0.15) is 0 Å². The van der Waals surface area contributed by atoms with E-state index in [-0.39, 0.29) is 12.1 Å². The van der Waals surface area contributed by atoms with E-state index in [1.807, 2.05) is 0 Å². The van der Waals surface area contributed by atoms with Crippen LogP contribution in [-0.4, -0.2) is 24.0 Å². The molecule has 0 unspecified atom stereocenters. The van der Waals surface area contributed by atoms with Crippen molar-refractivity contribution in [3.63, 3.8) is 0 Å². The molecule has 0 bridgehead atoms. The molecule has 1 saturated carbocycles. The fraction of sp³-hybridized carbons (Fsp3) is 0.458. The van der Waals surface area contributed by atoms with Gasteiger partial charge < -0.3 is 10.6 Å². The maximum absolute atomic E-state index is 12.5. The fourth-order valence-corrected chi connectivity index (χ4v) is 4.01. The molecule has 2 aromatic rings. The highest BCUT2D eigenvalue weighted by molar-refractivity contribution is 5.74. The lowest BCUT2D eigenvalue weighted by Gasteiger charge is -2.19. The summed E-state index contributed by atoms with van der Waals surface area (Å²) in [7, 11) is 0. The molecule has 4 rings (SSSR count). The van der Waals surface area contributed by atoms with E-state index in [2.05, 4.69) is 71.0 Å². The van der Waals surface area contributed by atoms with Crippen LogP contribution < -0.4 is 10.6 Å². The highest BCUT2D eigenvalue weighted by atomic mass is 16.2. The first-order valence-electron chi connectivity index (χ1n) is 10.6. The summed E-state index contributed by atoms with van der Waals surface area (Å²) < 4.78 is 0. The minimum atomic E-state index is -0.0846. The average molecular weight is 378 g/mol. The Balaban J connectivity index is 1.28. The molecule has 2 aliphatic rings. The Hall–Kier alpha value is -2.33. The zero-order valence-electron chi connectivity index (χ0n) is 16.8. The number of carbonyl (C=O) groups excluding carboxylic acids is 1. The van der Waals surface area contributed by atoms with Crippen molar-refractivity contribution in [3.8, 4) is 0 Å². The van der Waals surface area contributed by atoms with E-state index < -0.39 is 0 Å². The van der Waals surface area contributed by atoms with Gasteiger partial charge in [-0.05, 0) is 68.3 Å². The molecule has 1 saturated heterocycles. The number of carbonyl (C=O) groups is 1. The predicted octanol–water partition coefficient (Wildman–Crippen LogP) is 4.54. The molecule has 0 aromatic heterocycles. The Morgan fingerprint density at radius 1 is 1.00 bits per heavy atom. The number of likely N-dealkylation sites (tertiary alicyclic amines) is 1. The van der Waals surface area contributed by atoms with E-state index in [9.17, 15) is 4.79 Å². The van der Waals surface area contributed by atoms with E-state index in [0.717, 1.165) is 12.1 Å². The highest BCUT2D eigenvalue weighted by Crippen LogP contribution is 2.41. The number of nitrogens with one attached hydrogen (secondary N) is 2. The fourth-order valence-electron chi connectivity index (χ4n) is 4.01. The molecular weight excluding hydrogens is 346 g/mol. The number of hydrogen-bond acceptors (Lipinski definition) is 2. The van der Waals surface area contributed by atoms with Crippen molar-refractivity contribution in [2.24, 2.45) is 5.92 Å². The molecule has 4 heteroatoms. The van der Waals surface area contributed by atoms with Crippen molar-refractivity contribution < 1.29 is 4.79 Å². The van der Waals surface area contributed by atoms with Crippen molar-refractivity contribution >= 4 is 6.03 Å². The summed E-state index contributed by atoms with van der Waals surface area (Å²) in [4.78, 5) is 15.0. The normalized spacial score (nSPS) is 18.0. The predicted molar refractivity (Wildman–Crippen MR) is 113 cm³/mol. The van der Waals surface area contributed by atoms with Crippen LogP contribution in [0.2, 0.25) is 0 Å². The molecule has 1 heterocycles. The summed E-state index contributed by atoms with van der Waals surface area (Å²) in [6, 6.07) is 17.2. The Kier molecular flexibility index (Phi) is 5.96. The average Bonchev–Trinajstić information content (AvgIpc) is 3.43. The molecule has 2 aromatic carbocycles. The SMILES string of the molecule is Cc1ccc([C@@H](NC(=O)NCc2ccc(CN3CCCC3)cc2)C2CC2)cc1. The topological polar surface area (TPSA) is 44.4 Å². The van der Waals surface area contributed by atoms with Crippen LogP contribution in [0, 0.1) is 12.8 Å². The van der Waals surface area contributed by atoms with Crippen molar-refractivity contribution in [1.82, 2.24) is 15.5 Å². The summed E-state index contributed by atoms with van der Waals surface area (Å²) in [5, 5.41) is 6.21. The van der Waals surface area contributed by atoms with Crippen LogP contribution in [0.25, 0.3) is 0 Å². The quantitative estimate of drug-likeness (QED) is 0.744. The van der Waals surface area contributed by atoms with Gasteiger partial charge in [0.1, 0.15) is 0 Å². The Bertz CT molecular complexity index is 775. The Morgan fingerprint density at radius 3 is 2.29 bits per heavy atom. The molecule has 2 amide bonds. The Morgan fingerprint density at radius 2 is 1.64 bits per heavy atom. The van der Waals surface area contributed by atoms with Crippen LogP contribution in [0.4, 0.5) is 4.79 Å². The standard InChI is InChI=1S/C24H31N3O/c1-18-4-10-21(11-5-18)23(22-12-13-22)26-24(28)25-16-19-6-8-20(9-7-19)17-27-14-2-3-15-27/h4-11,22-23H,2-3,12-17H2,1H3,(H2,25,26,28)/t23-/m1/s1. The minimum Gasteiger partial charge on any atom is -0.334 e. The molecule has 1 atom stereocenters. The van der Waals surface area contributed by atoms with Gasteiger partial charge in [-0.3, -0.25) is 4.90 Å². The Labute approximate surface area is 168 Å². The van der Waals surface area contributed by atoms with E-state index in [1.165, 1.54) is 55.5 Å². The van der Waals surface area contributed by atoms with Gasteiger partial charge in [-0.25, -0.2) is 4.79 Å². The lowest BCUT2D eigenvalue weighted by molar-refractivity contribution is 0.235. The zero-order valence-corrected chi connectivity index (χ0v) is 16.8. The third-order valence-electron chi connectivity index (χ3n) is 5.90. The molecular formula is C24H31N3O. The third kappa shape index (κ3) is 5.14. The van der Waals surface area contributed by atoms with Crippen LogP contribution in [0.3, 0.4) is 0 Å². The molecule has 4 nitrogen and oxygen atoms in total. The zero-order chi connectivity index (χ0) is 19.3. The van der Waals surface area contributed by atoms with Gasteiger partial charge in [0.05, 0.1) is 6.04 Å². The first kappa shape index (κ1) is 19.0. The number of hydrogen-bond donors (Lipinski definition) is 2. The van der Waals surface area contributed by atoms with Gasteiger partial charge >= 0.3 is 6.03 Å². The van der Waals surface area contributed by atoms with Gasteiger partial charge in [-0.15, -0.1) is 0 Å². The second-order valence-electron chi connectivity index (χ2n) is 8.35. The number of urea groups is 1. The van der Waals surface area contributed by atoms with E-state index >= 15 is 0 Å². The molecule has 2 N–H and O–H groups in total. The number of benzene rings is 2. The van der Waals surface area contributed by atoms with Gasteiger partial charge in [0.15, 0.2) is 0 Å². The van der Waals surface area contributed by atoms with E-state index in [4.69, 9.17) is 0 Å². The summed E-state index contributed by atoms with van der Waals surface area (Å²) >= 11 is 0. The minimum absolute atomic E-state index is 0.0846. The smallest absolute Gasteiger partial charge is 0.315 e. The van der Waals surface area contributed by atoms with Crippen molar-refractivity contribution in [1.29, 1.82) is 0 Å². The van der Waals surface area contributed by atoms with Crippen LogP contribution in [-0.2, 0) is 13.1 Å². The monoisotopic (exact) mass is 377 g/mol. The van der Waals surface area contributed by atoms with Crippen molar-refractivity contribution in [2.45, 2.75) is 51.7 Å². The lowest BCUT2D eigenvalue weighted by Crippen LogP contribution is -2.38. The van der Waals surface area contributed by atoms with E-state index in [1.54, 1.807) is 0 Å². The maximum Gasteiger partial charge on any atom is 0.315 e. The van der Waals surface area contributed by atoms with Crippen LogP contribution in [0.15, 0.2) is 48.5 Å². The van der Waals surface area contributed by atoms with Gasteiger partial charge in [0, 0.05) is 13.1 Å². The van der Waals surface area contributed by atoms with Crippen molar-refractivity contribution in [3.05, 3.63) is 70.8 Å². The number of aryl methyl sites for hydroxylation is 1. The maximum atomic E-state index is 12.5. The van der Waals surface area contributed by atoms with Crippen molar-refractivity contribution in [2.75, 3.05) is 13.1 Å². The summed E-state index contributed by atoms with van der Waals surface area (Å²) in [5.41, 5.74) is 4.94.